The van der Waals surface area contributed by atoms with Gasteiger partial charge in [-0.15, -0.1) is 0 Å². The Bertz CT molecular complexity index is 807. The van der Waals surface area contributed by atoms with E-state index in [0.29, 0.717) is 6.42 Å². The molecule has 5 heteroatoms. The number of hydrogen-bond acceptors (Lipinski definition) is 3. The highest BCUT2D eigenvalue weighted by Crippen LogP contribution is 2.52. The molecular formula is C21H24N2O2S. The Labute approximate surface area is 158 Å². The third-order valence-electron chi connectivity index (χ3n) is 6.10. The van der Waals surface area contributed by atoms with Crippen LogP contribution in [0.25, 0.3) is 0 Å². The predicted octanol–water partition coefficient (Wildman–Crippen LogP) is 3.55. The van der Waals surface area contributed by atoms with Crippen molar-refractivity contribution < 1.29 is 9.59 Å². The average molecular weight is 369 g/mol. The van der Waals surface area contributed by atoms with Crippen LogP contribution < -0.4 is 5.32 Å². The number of hydrogen-bond donors (Lipinski definition) is 1. The van der Waals surface area contributed by atoms with Crippen molar-refractivity contribution in [3.63, 3.8) is 0 Å². The van der Waals surface area contributed by atoms with Gasteiger partial charge in [0.2, 0.25) is 5.91 Å². The van der Waals surface area contributed by atoms with Gasteiger partial charge >= 0.3 is 0 Å². The third-order valence-corrected chi connectivity index (χ3v) is 6.78. The van der Waals surface area contributed by atoms with Crippen LogP contribution in [0, 0.1) is 0 Å². The lowest BCUT2D eigenvalue weighted by molar-refractivity contribution is -0.121. The Morgan fingerprint density at radius 1 is 1.23 bits per heavy atom. The first-order valence-corrected chi connectivity index (χ1v) is 10.2. The number of rotatable bonds is 3. The first kappa shape index (κ1) is 17.3. The number of thiophene rings is 1. The minimum atomic E-state index is 0.104. The molecule has 0 radical (unpaired) electrons. The molecule has 1 aliphatic heterocycles. The zero-order chi connectivity index (χ0) is 18.1. The fourth-order valence-corrected chi connectivity index (χ4v) is 5.35. The van der Waals surface area contributed by atoms with Crippen LogP contribution >= 0.6 is 11.3 Å². The van der Waals surface area contributed by atoms with Crippen LogP contribution in [0.1, 0.15) is 53.1 Å². The van der Waals surface area contributed by atoms with Gasteiger partial charge in [0.1, 0.15) is 0 Å². The van der Waals surface area contributed by atoms with Gasteiger partial charge in [-0.3, -0.25) is 9.59 Å². The largest absolute Gasteiger partial charge is 0.359 e. The molecular weight excluding hydrogens is 344 g/mol. The minimum absolute atomic E-state index is 0.104. The van der Waals surface area contributed by atoms with E-state index < -0.39 is 0 Å². The Balaban J connectivity index is 1.53. The quantitative estimate of drug-likeness (QED) is 0.901. The van der Waals surface area contributed by atoms with Crippen molar-refractivity contribution in [2.75, 3.05) is 20.1 Å². The summed E-state index contributed by atoms with van der Waals surface area (Å²) in [6, 6.07) is 10.5. The summed E-state index contributed by atoms with van der Waals surface area (Å²) in [5.74, 6) is 0.534. The minimum Gasteiger partial charge on any atom is -0.359 e. The molecule has 1 aliphatic carbocycles. The van der Waals surface area contributed by atoms with Crippen LogP contribution in [0.2, 0.25) is 0 Å². The lowest BCUT2D eigenvalue weighted by atomic mass is 9.73. The summed E-state index contributed by atoms with van der Waals surface area (Å²) >= 11 is 1.56. The van der Waals surface area contributed by atoms with Crippen LogP contribution in [-0.2, 0) is 10.2 Å². The van der Waals surface area contributed by atoms with Gasteiger partial charge in [0.05, 0.1) is 5.56 Å². The summed E-state index contributed by atoms with van der Waals surface area (Å²) in [5.41, 5.74) is 3.64. The lowest BCUT2D eigenvalue weighted by Crippen LogP contribution is -2.44. The molecule has 2 aliphatic rings. The summed E-state index contributed by atoms with van der Waals surface area (Å²) in [4.78, 5) is 26.6. The highest BCUT2D eigenvalue weighted by molar-refractivity contribution is 7.08. The maximum Gasteiger partial charge on any atom is 0.254 e. The molecule has 4 nitrogen and oxygen atoms in total. The fourth-order valence-electron chi connectivity index (χ4n) is 4.72. The monoisotopic (exact) mass is 368 g/mol. The number of likely N-dealkylation sites (tertiary alicyclic amines) is 1. The maximum atomic E-state index is 12.6. The van der Waals surface area contributed by atoms with Gasteiger partial charge in [0, 0.05) is 31.9 Å². The molecule has 1 aromatic carbocycles. The van der Waals surface area contributed by atoms with Crippen LogP contribution in [0.15, 0.2) is 41.1 Å². The molecule has 136 valence electrons. The molecule has 4 rings (SSSR count). The van der Waals surface area contributed by atoms with Crippen molar-refractivity contribution in [3.8, 4) is 0 Å². The van der Waals surface area contributed by atoms with Crippen LogP contribution in [-0.4, -0.2) is 36.9 Å². The van der Waals surface area contributed by atoms with E-state index in [0.717, 1.165) is 37.9 Å². The summed E-state index contributed by atoms with van der Waals surface area (Å²) in [6.07, 6.45) is 3.52. The number of benzene rings is 1. The Morgan fingerprint density at radius 2 is 2.00 bits per heavy atom. The molecule has 1 aromatic heterocycles. The smallest absolute Gasteiger partial charge is 0.254 e. The summed E-state index contributed by atoms with van der Waals surface area (Å²) in [7, 11) is 1.70. The molecule has 0 bridgehead atoms. The predicted molar refractivity (Wildman–Crippen MR) is 104 cm³/mol. The zero-order valence-electron chi connectivity index (χ0n) is 15.0. The van der Waals surface area contributed by atoms with Gasteiger partial charge in [-0.2, -0.15) is 11.3 Å². The molecule has 2 aromatic rings. The molecule has 2 amide bonds. The topological polar surface area (TPSA) is 49.4 Å². The van der Waals surface area contributed by atoms with Gasteiger partial charge in [-0.05, 0) is 53.2 Å². The number of piperidine rings is 1. The highest BCUT2D eigenvalue weighted by Gasteiger charge is 2.46. The number of nitrogens with zero attached hydrogens (tertiary/aromatic N) is 1. The first-order valence-electron chi connectivity index (χ1n) is 9.24. The van der Waals surface area contributed by atoms with E-state index in [9.17, 15) is 9.59 Å². The Kier molecular flexibility index (Phi) is 4.57. The third kappa shape index (κ3) is 2.94. The fraction of sp³-hybridized carbons (Fsp3) is 0.429. The summed E-state index contributed by atoms with van der Waals surface area (Å²) in [5, 5.41) is 6.64. The second-order valence-corrected chi connectivity index (χ2v) is 8.23. The number of carbonyl (C=O) groups is 2. The SMILES string of the molecule is CNC(=O)C[C@@H]1CC2(CCN(C(=O)c3ccsc3)CC2)c2ccccc21. The van der Waals surface area contributed by atoms with E-state index >= 15 is 0 Å². The van der Waals surface area contributed by atoms with Crippen LogP contribution in [0.5, 0.6) is 0 Å². The standard InChI is InChI=1S/C21H24N2O2S/c1-22-19(24)12-16-13-21(18-5-3-2-4-17(16)18)7-9-23(10-8-21)20(25)15-6-11-26-14-15/h2-6,11,14,16H,7-10,12-13H2,1H3,(H,22,24)/t16-/m1/s1. The van der Waals surface area contributed by atoms with Crippen molar-refractivity contribution in [1.82, 2.24) is 10.2 Å². The van der Waals surface area contributed by atoms with Gasteiger partial charge < -0.3 is 10.2 Å². The molecule has 1 atom stereocenters. The summed E-state index contributed by atoms with van der Waals surface area (Å²) < 4.78 is 0. The van der Waals surface area contributed by atoms with E-state index in [1.165, 1.54) is 11.1 Å². The summed E-state index contributed by atoms with van der Waals surface area (Å²) in [6.45, 7) is 1.57. The molecule has 26 heavy (non-hydrogen) atoms. The van der Waals surface area contributed by atoms with Crippen molar-refractivity contribution in [1.29, 1.82) is 0 Å². The molecule has 1 N–H and O–H groups in total. The van der Waals surface area contributed by atoms with Crippen molar-refractivity contribution in [3.05, 3.63) is 57.8 Å². The normalized spacial score (nSPS) is 20.8. The highest BCUT2D eigenvalue weighted by atomic mass is 32.1. The zero-order valence-corrected chi connectivity index (χ0v) is 15.8. The van der Waals surface area contributed by atoms with Gasteiger partial charge in [-0.25, -0.2) is 0 Å². The van der Waals surface area contributed by atoms with Crippen LogP contribution in [0.4, 0.5) is 0 Å². The van der Waals surface area contributed by atoms with E-state index in [2.05, 4.69) is 29.6 Å². The van der Waals surface area contributed by atoms with Gasteiger partial charge in [-0.1, -0.05) is 24.3 Å². The molecule has 0 unspecified atom stereocenters. The van der Waals surface area contributed by atoms with E-state index in [4.69, 9.17) is 0 Å². The second kappa shape index (κ2) is 6.88. The first-order chi connectivity index (χ1) is 12.6. The van der Waals surface area contributed by atoms with Crippen LogP contribution in [0.3, 0.4) is 0 Å². The molecule has 1 fully saturated rings. The van der Waals surface area contributed by atoms with Crippen molar-refractivity contribution in [2.24, 2.45) is 0 Å². The number of amides is 2. The number of carbonyl (C=O) groups excluding carboxylic acids is 2. The Hall–Kier alpha value is -2.14. The molecule has 1 spiro atoms. The second-order valence-electron chi connectivity index (χ2n) is 7.45. The molecule has 0 saturated carbocycles. The van der Waals surface area contributed by atoms with Gasteiger partial charge in [0.15, 0.2) is 0 Å². The van der Waals surface area contributed by atoms with E-state index in [1.807, 2.05) is 21.7 Å². The number of fused-ring (bicyclic) bond motifs is 2. The lowest BCUT2D eigenvalue weighted by Gasteiger charge is -2.40. The number of nitrogens with one attached hydrogen (secondary N) is 1. The molecule has 2 heterocycles. The van der Waals surface area contributed by atoms with E-state index in [1.54, 1.807) is 18.4 Å². The Morgan fingerprint density at radius 3 is 2.69 bits per heavy atom. The maximum absolute atomic E-state index is 12.6. The van der Waals surface area contributed by atoms with Crippen molar-refractivity contribution >= 4 is 23.2 Å². The van der Waals surface area contributed by atoms with Gasteiger partial charge in [0.25, 0.3) is 5.91 Å². The van der Waals surface area contributed by atoms with E-state index in [-0.39, 0.29) is 23.1 Å². The average Bonchev–Trinajstić information content (AvgIpc) is 3.30. The molecule has 1 saturated heterocycles. The van der Waals surface area contributed by atoms with Crippen molar-refractivity contribution in [2.45, 2.75) is 37.0 Å².